The van der Waals surface area contributed by atoms with Gasteiger partial charge in [-0.3, -0.25) is 4.79 Å². The topological polar surface area (TPSA) is 159 Å². The molecule has 18 heteroatoms. The minimum absolute atomic E-state index is 0.0412. The third-order valence-electron chi connectivity index (χ3n) is 16.6. The molecule has 9 atom stereocenters. The zero-order valence-electron chi connectivity index (χ0n) is 46.8. The smallest absolute Gasteiger partial charge is 0.248 e. The molecule has 83 heavy (non-hydrogen) atoms. The van der Waals surface area contributed by atoms with Gasteiger partial charge in [0.05, 0.1) is 0 Å². The number of halogens is 4. The Bertz CT molecular complexity index is 3120. The molecular formula is C65H70F4O14. The molecule has 6 aromatic rings. The highest BCUT2D eigenvalue weighted by Crippen LogP contribution is 2.58. The number of rotatable bonds is 15. The zero-order valence-corrected chi connectivity index (χ0v) is 46.8. The Balaban J connectivity index is 0.000000140. The molecule has 3 aliphatic heterocycles. The van der Waals surface area contributed by atoms with Gasteiger partial charge in [-0.25, -0.2) is 17.6 Å². The maximum atomic E-state index is 14.4. The number of carbonyl (C=O) groups is 1. The number of carbonyl (C=O) groups excluding carboxylic acids is 1. The minimum Gasteiger partial charge on any atom is -0.508 e. The number of hydrogen-bond donors (Lipinski definition) is 2. The molecule has 0 unspecified atom stereocenters. The van der Waals surface area contributed by atoms with Gasteiger partial charge in [-0.2, -0.15) is 0 Å². The van der Waals surface area contributed by atoms with E-state index in [4.69, 9.17) is 52.1 Å². The van der Waals surface area contributed by atoms with Crippen LogP contribution in [0.15, 0.2) is 127 Å². The average Bonchev–Trinajstić information content (AvgIpc) is 3.68. The molecule has 12 rings (SSSR count). The van der Waals surface area contributed by atoms with E-state index in [9.17, 15) is 32.6 Å². The first-order valence-electron chi connectivity index (χ1n) is 28.0. The summed E-state index contributed by atoms with van der Waals surface area (Å²) in [6, 6.07) is 38.1. The van der Waals surface area contributed by atoms with Crippen molar-refractivity contribution in [2.24, 2.45) is 17.8 Å². The third-order valence-corrected chi connectivity index (χ3v) is 16.6. The summed E-state index contributed by atoms with van der Waals surface area (Å²) in [5.41, 5.74) is 5.40. The normalized spacial score (nSPS) is 24.8. The van der Waals surface area contributed by atoms with Gasteiger partial charge in [0.25, 0.3) is 0 Å². The SMILES string of the molecule is COCOc1ccc([C@H]2Oc3ccc(OCOC)cc3[C@H]3CC(=O)CC[C@H]32)cc1.COCOc1ccc([C@H]2Oc3ccc(OCOC)cc3[C@H]3CC(F)(F)CC[C@H]32)cc1.Oc1ccc([C@H]2Oc3ccc(O)cc3[C@H]3CC(F)(F)CC[C@H]32)cc1. The maximum Gasteiger partial charge on any atom is 0.248 e. The minimum atomic E-state index is -2.69. The Labute approximate surface area is 480 Å². The van der Waals surface area contributed by atoms with Crippen LogP contribution in [0.2, 0.25) is 0 Å². The number of methoxy groups -OCH3 is 4. The van der Waals surface area contributed by atoms with Gasteiger partial charge in [0, 0.05) is 119 Å². The van der Waals surface area contributed by atoms with Crippen molar-refractivity contribution in [2.75, 3.05) is 55.6 Å². The van der Waals surface area contributed by atoms with Crippen molar-refractivity contribution in [2.45, 2.75) is 106 Å². The first-order chi connectivity index (χ1) is 40.1. The number of phenolic OH excluding ortho intramolecular Hbond substituents is 2. The number of aromatic hydroxyl groups is 2. The molecule has 0 saturated heterocycles. The second-order valence-corrected chi connectivity index (χ2v) is 22.0. The highest BCUT2D eigenvalue weighted by atomic mass is 19.3. The first kappa shape index (κ1) is 58.9. The van der Waals surface area contributed by atoms with E-state index in [1.54, 1.807) is 69.9 Å². The Morgan fingerprint density at radius 2 is 0.795 bits per heavy atom. The molecular weight excluding hydrogens is 1080 g/mol. The summed E-state index contributed by atoms with van der Waals surface area (Å²) in [5.74, 6) is -0.524. The molecule has 3 saturated carbocycles. The summed E-state index contributed by atoms with van der Waals surface area (Å²) in [5, 5.41) is 19.2. The molecule has 3 heterocycles. The van der Waals surface area contributed by atoms with Crippen LogP contribution in [0.3, 0.4) is 0 Å². The van der Waals surface area contributed by atoms with Crippen molar-refractivity contribution < 1.29 is 84.7 Å². The Kier molecular flexibility index (Phi) is 18.5. The van der Waals surface area contributed by atoms with Crippen molar-refractivity contribution in [1.29, 1.82) is 0 Å². The molecule has 6 aliphatic rings. The van der Waals surface area contributed by atoms with Crippen LogP contribution in [0, 0.1) is 17.8 Å². The Hall–Kier alpha value is -7.25. The fourth-order valence-corrected chi connectivity index (χ4v) is 12.7. The van der Waals surface area contributed by atoms with Gasteiger partial charge in [-0.15, -0.1) is 0 Å². The number of Topliss-reactive ketones (excluding diaryl/α,β-unsaturated/α-hetero) is 1. The molecule has 0 amide bonds. The largest absolute Gasteiger partial charge is 0.508 e. The summed E-state index contributed by atoms with van der Waals surface area (Å²) in [6.45, 7) is 0.670. The van der Waals surface area contributed by atoms with Gasteiger partial charge in [0.2, 0.25) is 11.8 Å². The second-order valence-electron chi connectivity index (χ2n) is 22.0. The summed E-state index contributed by atoms with van der Waals surface area (Å²) in [4.78, 5) is 12.3. The van der Waals surface area contributed by atoms with E-state index >= 15 is 0 Å². The van der Waals surface area contributed by atoms with Crippen LogP contribution in [0.5, 0.6) is 51.7 Å². The summed E-state index contributed by atoms with van der Waals surface area (Å²) in [6.07, 6.45) is 1.31. The van der Waals surface area contributed by atoms with Crippen molar-refractivity contribution in [3.05, 3.63) is 161 Å². The van der Waals surface area contributed by atoms with E-state index in [1.165, 1.54) is 13.2 Å². The molecule has 3 fully saturated rings. The molecule has 6 aromatic carbocycles. The average molecular weight is 1150 g/mol. The van der Waals surface area contributed by atoms with Crippen molar-refractivity contribution >= 4 is 5.78 Å². The van der Waals surface area contributed by atoms with E-state index in [2.05, 4.69) is 0 Å². The molecule has 0 spiro atoms. The lowest BCUT2D eigenvalue weighted by atomic mass is 9.68. The molecule has 442 valence electrons. The highest BCUT2D eigenvalue weighted by Gasteiger charge is 2.51. The molecule has 0 aromatic heterocycles. The number of hydrogen-bond acceptors (Lipinski definition) is 14. The molecule has 14 nitrogen and oxygen atoms in total. The maximum absolute atomic E-state index is 14.4. The number of ether oxygens (including phenoxy) is 11. The van der Waals surface area contributed by atoms with Crippen molar-refractivity contribution in [1.82, 2.24) is 0 Å². The van der Waals surface area contributed by atoms with Gasteiger partial charge in [-0.1, -0.05) is 36.4 Å². The van der Waals surface area contributed by atoms with Gasteiger partial charge in [-0.05, 0) is 127 Å². The number of phenols is 2. The summed E-state index contributed by atoms with van der Waals surface area (Å²) < 4.78 is 117. The number of benzene rings is 6. The third kappa shape index (κ3) is 13.9. The van der Waals surface area contributed by atoms with Gasteiger partial charge >= 0.3 is 0 Å². The van der Waals surface area contributed by atoms with Gasteiger partial charge < -0.3 is 62.3 Å². The second kappa shape index (κ2) is 26.1. The lowest BCUT2D eigenvalue weighted by Crippen LogP contribution is -2.38. The van der Waals surface area contributed by atoms with Crippen LogP contribution in [0.1, 0.15) is 127 Å². The van der Waals surface area contributed by atoms with E-state index in [-0.39, 0.29) is 118 Å². The quantitative estimate of drug-likeness (QED) is 0.0739. The fourth-order valence-electron chi connectivity index (χ4n) is 12.7. The van der Waals surface area contributed by atoms with Crippen LogP contribution in [0.25, 0.3) is 0 Å². The number of ketones is 1. The monoisotopic (exact) mass is 1150 g/mol. The molecule has 2 N–H and O–H groups in total. The molecule has 3 aliphatic carbocycles. The van der Waals surface area contributed by atoms with Crippen LogP contribution in [-0.4, -0.2) is 83.5 Å². The predicted octanol–water partition coefficient (Wildman–Crippen LogP) is 14.3. The Morgan fingerprint density at radius 3 is 1.23 bits per heavy atom. The molecule has 0 bridgehead atoms. The van der Waals surface area contributed by atoms with Crippen LogP contribution < -0.4 is 33.2 Å². The number of fused-ring (bicyclic) bond motifs is 9. The van der Waals surface area contributed by atoms with Gasteiger partial charge in [0.1, 0.15) is 75.8 Å². The van der Waals surface area contributed by atoms with Crippen molar-refractivity contribution in [3.8, 4) is 51.7 Å². The van der Waals surface area contributed by atoms with E-state index in [0.29, 0.717) is 60.0 Å². The summed E-state index contributed by atoms with van der Waals surface area (Å²) >= 11 is 0. The van der Waals surface area contributed by atoms with Crippen LogP contribution >= 0.6 is 0 Å². The lowest BCUT2D eigenvalue weighted by molar-refractivity contribution is -0.122. The van der Waals surface area contributed by atoms with Crippen LogP contribution in [-0.2, 0) is 23.7 Å². The zero-order chi connectivity index (χ0) is 58.3. The first-order valence-corrected chi connectivity index (χ1v) is 28.0. The van der Waals surface area contributed by atoms with E-state index in [0.717, 1.165) is 51.5 Å². The standard InChI is InChI=1S/C23H26F2O5.C23H26O6.C19H18F2O3/c1-26-13-28-16-5-3-15(4-6-16)22-18-9-10-23(24,25)12-20(18)19-11-17(29-14-27-2)7-8-21(19)30-22;1-25-13-27-17-6-3-15(4-7-17)23-19-9-5-16(24)11-20(19)21-12-18(28-14-26-2)8-10-22(21)29-23;20-19(21)8-7-14-16(10-19)15-9-13(23)5-6-17(15)24-18(14)11-1-3-12(22)4-2-11/h3-8,11,18,20,22H,9-10,12-14H2,1-2H3;3-4,6-8,10,12,19-20,23H,5,9,11,13-14H2,1-2H3;1-6,9,14,16,18,22-23H,7-8,10H2/t18-,20+,22-;19-,20+,23-;14-,16+,18-/m111/s1. The van der Waals surface area contributed by atoms with Gasteiger partial charge in [0.15, 0.2) is 27.2 Å². The summed E-state index contributed by atoms with van der Waals surface area (Å²) in [7, 11) is 6.29. The van der Waals surface area contributed by atoms with E-state index < -0.39 is 11.8 Å². The lowest BCUT2D eigenvalue weighted by Gasteiger charge is -2.44. The highest BCUT2D eigenvalue weighted by molar-refractivity contribution is 5.80. The number of alkyl halides is 4. The van der Waals surface area contributed by atoms with E-state index in [1.807, 2.05) is 72.8 Å². The van der Waals surface area contributed by atoms with Crippen LogP contribution in [0.4, 0.5) is 17.6 Å². The Morgan fingerprint density at radius 1 is 0.446 bits per heavy atom. The fraction of sp³-hybridized carbons (Fsp3) is 0.431. The van der Waals surface area contributed by atoms with Crippen molar-refractivity contribution in [3.63, 3.8) is 0 Å². The molecule has 0 radical (unpaired) electrons. The predicted molar refractivity (Wildman–Crippen MR) is 297 cm³/mol.